The number of para-hydroxylation sites is 1. The predicted molar refractivity (Wildman–Crippen MR) is 131 cm³/mol. The van der Waals surface area contributed by atoms with Gasteiger partial charge in [-0.1, -0.05) is 60.2 Å². The number of hydrogen-bond acceptors (Lipinski definition) is 2. The summed E-state index contributed by atoms with van der Waals surface area (Å²) in [6, 6.07) is 19.9. The van der Waals surface area contributed by atoms with Gasteiger partial charge in [-0.05, 0) is 56.7 Å². The number of benzene rings is 2. The molecule has 0 saturated heterocycles. The van der Waals surface area contributed by atoms with Gasteiger partial charge in [0.05, 0.1) is 6.54 Å². The minimum atomic E-state index is -0.962. The van der Waals surface area contributed by atoms with Crippen molar-refractivity contribution in [3.05, 3.63) is 83.6 Å². The molecule has 5 heteroatoms. The van der Waals surface area contributed by atoms with Gasteiger partial charge in [-0.2, -0.15) is 0 Å². The zero-order valence-corrected chi connectivity index (χ0v) is 19.2. The molecule has 0 spiro atoms. The fraction of sp³-hybridized carbons (Fsp3) is 0.357. The number of carbonyl (C=O) groups excluding carboxylic acids is 2. The maximum Gasteiger partial charge on any atom is 0.271 e. The van der Waals surface area contributed by atoms with Gasteiger partial charge in [-0.3, -0.25) is 9.59 Å². The summed E-state index contributed by atoms with van der Waals surface area (Å²) in [4.78, 5) is 29.2. The summed E-state index contributed by atoms with van der Waals surface area (Å²) in [5.41, 5.74) is 3.16. The lowest BCUT2D eigenvalue weighted by Gasteiger charge is -2.44. The Hall–Kier alpha value is -3.34. The lowest BCUT2D eigenvalue weighted by molar-refractivity contribution is -0.133. The Bertz CT molecular complexity index is 1210. The lowest BCUT2D eigenvalue weighted by Crippen LogP contribution is -2.64. The molecule has 1 aliphatic carbocycles. The monoisotopic (exact) mass is 441 g/mol. The Morgan fingerprint density at radius 1 is 1.06 bits per heavy atom. The van der Waals surface area contributed by atoms with Gasteiger partial charge >= 0.3 is 0 Å². The molecule has 1 aliphatic heterocycles. The van der Waals surface area contributed by atoms with E-state index >= 15 is 0 Å². The van der Waals surface area contributed by atoms with E-state index in [-0.39, 0.29) is 11.8 Å². The topological polar surface area (TPSA) is 54.3 Å². The molecular weight excluding hydrogens is 410 g/mol. The molecular formula is C28H31N3O2. The summed E-state index contributed by atoms with van der Waals surface area (Å²) in [6.45, 7) is 3.36. The molecule has 170 valence electrons. The molecule has 0 unspecified atom stereocenters. The van der Waals surface area contributed by atoms with Gasteiger partial charge in [0.1, 0.15) is 11.2 Å². The average Bonchev–Trinajstić information content (AvgIpc) is 3.22. The van der Waals surface area contributed by atoms with E-state index in [0.717, 1.165) is 35.7 Å². The van der Waals surface area contributed by atoms with Gasteiger partial charge < -0.3 is 14.8 Å². The molecule has 33 heavy (non-hydrogen) atoms. The van der Waals surface area contributed by atoms with E-state index in [1.165, 1.54) is 18.4 Å². The van der Waals surface area contributed by atoms with Gasteiger partial charge in [-0.25, -0.2) is 0 Å². The Morgan fingerprint density at radius 2 is 1.85 bits per heavy atom. The van der Waals surface area contributed by atoms with E-state index in [9.17, 15) is 9.59 Å². The van der Waals surface area contributed by atoms with Gasteiger partial charge in [0.15, 0.2) is 0 Å². The van der Waals surface area contributed by atoms with Crippen molar-refractivity contribution in [2.75, 3.05) is 6.54 Å². The van der Waals surface area contributed by atoms with Crippen molar-refractivity contribution in [2.24, 2.45) is 0 Å². The van der Waals surface area contributed by atoms with E-state index < -0.39 is 5.54 Å². The normalized spacial score (nSPS) is 20.5. The maximum atomic E-state index is 13.8. The summed E-state index contributed by atoms with van der Waals surface area (Å²) in [5.74, 6) is -0.174. The summed E-state index contributed by atoms with van der Waals surface area (Å²) >= 11 is 0. The van der Waals surface area contributed by atoms with E-state index in [1.807, 2.05) is 77.1 Å². The van der Waals surface area contributed by atoms with Gasteiger partial charge in [0.25, 0.3) is 5.91 Å². The minimum absolute atomic E-state index is 0.0637. The molecule has 5 nitrogen and oxygen atoms in total. The first-order valence-corrected chi connectivity index (χ1v) is 12.0. The zero-order chi connectivity index (χ0) is 22.8. The van der Waals surface area contributed by atoms with Crippen LogP contribution in [0.25, 0.3) is 10.9 Å². The molecule has 0 radical (unpaired) electrons. The molecule has 0 fully saturated rings. The van der Waals surface area contributed by atoms with Crippen molar-refractivity contribution in [1.29, 1.82) is 0 Å². The number of aromatic nitrogens is 1. The Kier molecular flexibility index (Phi) is 5.79. The molecule has 1 aromatic heterocycles. The third-order valence-corrected chi connectivity index (χ3v) is 7.16. The summed E-state index contributed by atoms with van der Waals surface area (Å²) in [7, 11) is 0. The fourth-order valence-electron chi connectivity index (χ4n) is 5.21. The number of hydrogen-bond donors (Lipinski definition) is 1. The number of amides is 2. The van der Waals surface area contributed by atoms with Crippen molar-refractivity contribution in [2.45, 2.75) is 57.7 Å². The van der Waals surface area contributed by atoms with Crippen LogP contribution in [0.4, 0.5) is 0 Å². The highest BCUT2D eigenvalue weighted by Crippen LogP contribution is 2.33. The second-order valence-electron chi connectivity index (χ2n) is 9.43. The van der Waals surface area contributed by atoms with Crippen molar-refractivity contribution in [1.82, 2.24) is 14.8 Å². The predicted octanol–water partition coefficient (Wildman–Crippen LogP) is 5.06. The highest BCUT2D eigenvalue weighted by molar-refractivity contribution is 6.03. The van der Waals surface area contributed by atoms with Crippen LogP contribution in [0.2, 0.25) is 0 Å². The molecule has 5 rings (SSSR count). The first-order chi connectivity index (χ1) is 16.1. The molecule has 2 heterocycles. The summed E-state index contributed by atoms with van der Waals surface area (Å²) < 4.78 is 2.02. The van der Waals surface area contributed by atoms with Crippen molar-refractivity contribution in [3.8, 4) is 0 Å². The first-order valence-electron chi connectivity index (χ1n) is 12.0. The van der Waals surface area contributed by atoms with Crippen molar-refractivity contribution >= 4 is 22.7 Å². The van der Waals surface area contributed by atoms with Crippen LogP contribution in [0.15, 0.2) is 72.3 Å². The van der Waals surface area contributed by atoms with Gasteiger partial charge in [0.2, 0.25) is 5.91 Å². The van der Waals surface area contributed by atoms with Crippen LogP contribution in [0.5, 0.6) is 0 Å². The van der Waals surface area contributed by atoms with Crippen LogP contribution in [-0.4, -0.2) is 33.4 Å². The molecule has 2 amide bonds. The maximum absolute atomic E-state index is 13.8. The second kappa shape index (κ2) is 8.89. The smallest absolute Gasteiger partial charge is 0.271 e. The van der Waals surface area contributed by atoms with Crippen LogP contribution in [0.3, 0.4) is 0 Å². The number of nitrogens with one attached hydrogen (secondary N) is 1. The van der Waals surface area contributed by atoms with E-state index in [0.29, 0.717) is 25.3 Å². The molecule has 2 aromatic carbocycles. The molecule has 0 saturated carbocycles. The van der Waals surface area contributed by atoms with E-state index in [4.69, 9.17) is 0 Å². The molecule has 2 aliphatic rings. The Labute approximate surface area is 195 Å². The Balaban J connectivity index is 1.46. The molecule has 0 bridgehead atoms. The first kappa shape index (κ1) is 21.5. The standard InChI is InChI=1S/C28H31N3O2/c1-28(27(33)29-19-22-12-6-3-7-13-22)20-30-24-15-9-8-14-23(24)18-25(30)26(32)31(28)17-16-21-10-4-2-5-11-21/h3,6-10,12-15,18H,2,4-5,11,16-17,19-20H2,1H3,(H,29,33)/t28-/m1/s1. The fourth-order valence-corrected chi connectivity index (χ4v) is 5.21. The minimum Gasteiger partial charge on any atom is -0.350 e. The SMILES string of the molecule is C[C@]1(C(=O)NCc2ccccc2)Cn2c(cc3ccccc32)C(=O)N1CCC1=CCCCC1. The van der Waals surface area contributed by atoms with Crippen LogP contribution >= 0.6 is 0 Å². The number of carbonyl (C=O) groups is 2. The summed E-state index contributed by atoms with van der Waals surface area (Å²) in [5, 5.41) is 4.14. The number of fused-ring (bicyclic) bond motifs is 3. The number of rotatable bonds is 6. The third-order valence-electron chi connectivity index (χ3n) is 7.16. The van der Waals surface area contributed by atoms with Crippen LogP contribution in [0, 0.1) is 0 Å². The highest BCUT2D eigenvalue weighted by atomic mass is 16.2. The highest BCUT2D eigenvalue weighted by Gasteiger charge is 2.47. The van der Waals surface area contributed by atoms with Crippen LogP contribution in [0.1, 0.15) is 55.1 Å². The van der Waals surface area contributed by atoms with E-state index in [1.54, 1.807) is 0 Å². The van der Waals surface area contributed by atoms with Crippen molar-refractivity contribution < 1.29 is 9.59 Å². The molecule has 3 aromatic rings. The van der Waals surface area contributed by atoms with Crippen molar-refractivity contribution in [3.63, 3.8) is 0 Å². The van der Waals surface area contributed by atoms with Gasteiger partial charge in [0, 0.05) is 24.0 Å². The zero-order valence-electron chi connectivity index (χ0n) is 19.2. The number of nitrogens with zero attached hydrogens (tertiary/aromatic N) is 2. The molecule has 1 atom stereocenters. The van der Waals surface area contributed by atoms with E-state index in [2.05, 4.69) is 11.4 Å². The quantitative estimate of drug-likeness (QED) is 0.544. The largest absolute Gasteiger partial charge is 0.350 e. The lowest BCUT2D eigenvalue weighted by atomic mass is 9.92. The van der Waals surface area contributed by atoms with Crippen LogP contribution in [-0.2, 0) is 17.9 Å². The number of allylic oxidation sites excluding steroid dienone is 1. The van der Waals surface area contributed by atoms with Gasteiger partial charge in [-0.15, -0.1) is 0 Å². The Morgan fingerprint density at radius 3 is 2.64 bits per heavy atom. The second-order valence-corrected chi connectivity index (χ2v) is 9.43. The molecule has 1 N–H and O–H groups in total. The van der Waals surface area contributed by atoms with Crippen LogP contribution < -0.4 is 5.32 Å². The third kappa shape index (κ3) is 4.08. The average molecular weight is 442 g/mol. The summed E-state index contributed by atoms with van der Waals surface area (Å²) in [6.07, 6.45) is 7.81.